The van der Waals surface area contributed by atoms with Gasteiger partial charge in [0, 0.05) is 23.6 Å². The first-order valence-electron chi connectivity index (χ1n) is 4.89. The number of nitrogens with one attached hydrogen (secondary N) is 1. The zero-order valence-corrected chi connectivity index (χ0v) is 11.2. The van der Waals surface area contributed by atoms with E-state index in [0.717, 1.165) is 33.1 Å². The second kappa shape index (κ2) is 5.47. The molecule has 0 unspecified atom stereocenters. The van der Waals surface area contributed by atoms with Gasteiger partial charge in [-0.15, -0.1) is 10.2 Å². The van der Waals surface area contributed by atoms with Gasteiger partial charge >= 0.3 is 0 Å². The van der Waals surface area contributed by atoms with E-state index in [1.165, 1.54) is 0 Å². The SMILES string of the molecule is CNCCc1nnc(-c2ncccc2Br)s1. The Morgan fingerprint density at radius 2 is 2.31 bits per heavy atom. The van der Waals surface area contributed by atoms with Crippen molar-refractivity contribution in [1.29, 1.82) is 0 Å². The molecule has 84 valence electrons. The van der Waals surface area contributed by atoms with E-state index in [-0.39, 0.29) is 0 Å². The minimum absolute atomic E-state index is 0.857. The predicted molar refractivity (Wildman–Crippen MR) is 68.5 cm³/mol. The Labute approximate surface area is 106 Å². The average Bonchev–Trinajstić information content (AvgIpc) is 2.75. The molecule has 0 fully saturated rings. The van der Waals surface area contributed by atoms with Crippen LogP contribution in [0.4, 0.5) is 0 Å². The van der Waals surface area contributed by atoms with Gasteiger partial charge in [0.1, 0.15) is 10.7 Å². The van der Waals surface area contributed by atoms with Crippen molar-refractivity contribution in [2.45, 2.75) is 6.42 Å². The number of halogens is 1. The van der Waals surface area contributed by atoms with Gasteiger partial charge in [-0.25, -0.2) is 0 Å². The van der Waals surface area contributed by atoms with E-state index in [4.69, 9.17) is 0 Å². The number of pyridine rings is 1. The summed E-state index contributed by atoms with van der Waals surface area (Å²) in [5.41, 5.74) is 0.857. The van der Waals surface area contributed by atoms with E-state index < -0.39 is 0 Å². The fraction of sp³-hybridized carbons (Fsp3) is 0.300. The zero-order valence-electron chi connectivity index (χ0n) is 8.77. The zero-order chi connectivity index (χ0) is 11.4. The predicted octanol–water partition coefficient (Wildman–Crippen LogP) is 2.12. The summed E-state index contributed by atoms with van der Waals surface area (Å²) >= 11 is 5.04. The van der Waals surface area contributed by atoms with E-state index in [1.807, 2.05) is 19.2 Å². The van der Waals surface area contributed by atoms with Crippen LogP contribution in [-0.2, 0) is 6.42 Å². The molecular weight excluding hydrogens is 288 g/mol. The van der Waals surface area contributed by atoms with Crippen molar-refractivity contribution in [1.82, 2.24) is 20.5 Å². The van der Waals surface area contributed by atoms with E-state index in [0.29, 0.717) is 0 Å². The molecule has 0 aromatic carbocycles. The second-order valence-corrected chi connectivity index (χ2v) is 5.10. The van der Waals surface area contributed by atoms with Crippen LogP contribution in [-0.4, -0.2) is 28.8 Å². The summed E-state index contributed by atoms with van der Waals surface area (Å²) in [4.78, 5) is 4.29. The van der Waals surface area contributed by atoms with Gasteiger partial charge in [0.2, 0.25) is 0 Å². The van der Waals surface area contributed by atoms with Crippen LogP contribution in [0.2, 0.25) is 0 Å². The molecule has 0 atom stereocenters. The number of hydrogen-bond donors (Lipinski definition) is 1. The average molecular weight is 299 g/mol. The van der Waals surface area contributed by atoms with Crippen LogP contribution in [0.5, 0.6) is 0 Å². The molecule has 16 heavy (non-hydrogen) atoms. The third kappa shape index (κ3) is 2.63. The summed E-state index contributed by atoms with van der Waals surface area (Å²) in [6.45, 7) is 0.915. The molecule has 2 aromatic heterocycles. The Hall–Kier alpha value is -0.850. The lowest BCUT2D eigenvalue weighted by Crippen LogP contribution is -2.09. The molecule has 6 heteroatoms. The summed E-state index contributed by atoms with van der Waals surface area (Å²) in [6.07, 6.45) is 2.66. The summed E-state index contributed by atoms with van der Waals surface area (Å²) < 4.78 is 0.950. The summed E-state index contributed by atoms with van der Waals surface area (Å²) in [5, 5.41) is 13.3. The molecule has 0 saturated heterocycles. The van der Waals surface area contributed by atoms with Crippen LogP contribution in [0.1, 0.15) is 5.01 Å². The molecule has 0 radical (unpaired) electrons. The molecule has 2 heterocycles. The quantitative estimate of drug-likeness (QED) is 0.939. The molecule has 0 bridgehead atoms. The topological polar surface area (TPSA) is 50.7 Å². The highest BCUT2D eigenvalue weighted by Gasteiger charge is 2.10. The van der Waals surface area contributed by atoms with Crippen molar-refractivity contribution in [3.63, 3.8) is 0 Å². The molecule has 2 rings (SSSR count). The Bertz CT molecular complexity index is 471. The van der Waals surface area contributed by atoms with Gasteiger partial charge in [0.25, 0.3) is 0 Å². The first-order valence-corrected chi connectivity index (χ1v) is 6.50. The van der Waals surface area contributed by atoms with E-state index in [9.17, 15) is 0 Å². The highest BCUT2D eigenvalue weighted by atomic mass is 79.9. The van der Waals surface area contributed by atoms with Gasteiger partial charge in [0.15, 0.2) is 5.01 Å². The van der Waals surface area contributed by atoms with Gasteiger partial charge in [-0.05, 0) is 35.1 Å². The highest BCUT2D eigenvalue weighted by molar-refractivity contribution is 9.10. The van der Waals surface area contributed by atoms with Crippen molar-refractivity contribution < 1.29 is 0 Å². The third-order valence-electron chi connectivity index (χ3n) is 2.02. The highest BCUT2D eigenvalue weighted by Crippen LogP contribution is 2.28. The summed E-state index contributed by atoms with van der Waals surface area (Å²) in [6, 6.07) is 3.84. The monoisotopic (exact) mass is 298 g/mol. The second-order valence-electron chi connectivity index (χ2n) is 3.19. The lowest BCUT2D eigenvalue weighted by Gasteiger charge is -1.96. The van der Waals surface area contributed by atoms with E-state index >= 15 is 0 Å². The van der Waals surface area contributed by atoms with Gasteiger partial charge in [-0.2, -0.15) is 0 Å². The van der Waals surface area contributed by atoms with Crippen molar-refractivity contribution >= 4 is 27.3 Å². The largest absolute Gasteiger partial charge is 0.319 e. The maximum absolute atomic E-state index is 4.29. The standard InChI is InChI=1S/C10H11BrN4S/c1-12-6-4-8-14-15-10(16-8)9-7(11)3-2-5-13-9/h2-3,5,12H,4,6H2,1H3. The van der Waals surface area contributed by atoms with Crippen LogP contribution >= 0.6 is 27.3 Å². The number of rotatable bonds is 4. The summed E-state index contributed by atoms with van der Waals surface area (Å²) in [7, 11) is 1.93. The fourth-order valence-electron chi connectivity index (χ4n) is 1.23. The van der Waals surface area contributed by atoms with Crippen LogP contribution < -0.4 is 5.32 Å². The maximum Gasteiger partial charge on any atom is 0.167 e. The van der Waals surface area contributed by atoms with Gasteiger partial charge in [-0.3, -0.25) is 4.98 Å². The minimum atomic E-state index is 0.857. The van der Waals surface area contributed by atoms with Gasteiger partial charge in [-0.1, -0.05) is 11.3 Å². The first kappa shape index (κ1) is 11.6. The van der Waals surface area contributed by atoms with Crippen molar-refractivity contribution in [3.8, 4) is 10.7 Å². The van der Waals surface area contributed by atoms with Crippen LogP contribution in [0, 0.1) is 0 Å². The number of nitrogens with zero attached hydrogens (tertiary/aromatic N) is 3. The number of likely N-dealkylation sites (N-methyl/N-ethyl adjacent to an activating group) is 1. The Morgan fingerprint density at radius 3 is 3.06 bits per heavy atom. The van der Waals surface area contributed by atoms with E-state index in [2.05, 4.69) is 36.4 Å². The lowest BCUT2D eigenvalue weighted by molar-refractivity contribution is 0.779. The van der Waals surface area contributed by atoms with Gasteiger partial charge < -0.3 is 5.32 Å². The Balaban J connectivity index is 2.22. The molecule has 0 spiro atoms. The van der Waals surface area contributed by atoms with Crippen LogP contribution in [0.3, 0.4) is 0 Å². The van der Waals surface area contributed by atoms with E-state index in [1.54, 1.807) is 17.5 Å². The third-order valence-corrected chi connectivity index (χ3v) is 3.65. The summed E-state index contributed by atoms with van der Waals surface area (Å²) in [5.74, 6) is 0. The molecule has 0 aliphatic carbocycles. The molecule has 0 amide bonds. The molecule has 0 saturated carbocycles. The number of hydrogen-bond acceptors (Lipinski definition) is 5. The Kier molecular flexibility index (Phi) is 3.98. The fourth-order valence-corrected chi connectivity index (χ4v) is 2.65. The molecule has 0 aliphatic rings. The number of aromatic nitrogens is 3. The molecule has 0 aliphatic heterocycles. The smallest absolute Gasteiger partial charge is 0.167 e. The molecular formula is C10H11BrN4S. The minimum Gasteiger partial charge on any atom is -0.319 e. The van der Waals surface area contributed by atoms with Crippen LogP contribution in [0.25, 0.3) is 10.7 Å². The van der Waals surface area contributed by atoms with Crippen molar-refractivity contribution in [3.05, 3.63) is 27.8 Å². The Morgan fingerprint density at radius 1 is 1.44 bits per heavy atom. The van der Waals surface area contributed by atoms with Crippen molar-refractivity contribution in [2.24, 2.45) is 0 Å². The normalized spacial score (nSPS) is 10.6. The molecule has 4 nitrogen and oxygen atoms in total. The first-order chi connectivity index (χ1) is 7.81. The molecule has 2 aromatic rings. The molecule has 1 N–H and O–H groups in total. The van der Waals surface area contributed by atoms with Crippen LogP contribution in [0.15, 0.2) is 22.8 Å². The maximum atomic E-state index is 4.29. The lowest BCUT2D eigenvalue weighted by atomic mass is 10.4. The van der Waals surface area contributed by atoms with Gasteiger partial charge in [0.05, 0.1) is 0 Å². The van der Waals surface area contributed by atoms with Crippen molar-refractivity contribution in [2.75, 3.05) is 13.6 Å².